The fraction of sp³-hybridized carbons (Fsp3) is 0.733. The van der Waals surface area contributed by atoms with Crippen molar-refractivity contribution in [3.05, 3.63) is 16.6 Å². The molecule has 2 amide bonds. The van der Waals surface area contributed by atoms with E-state index in [-0.39, 0.29) is 24.1 Å². The Morgan fingerprint density at radius 1 is 1.55 bits per heavy atom. The standard InChI is InChI=1S/C15H23N3O3S/c19-14-3-1-2-12(14)13-8-21-7-6-18(13)15(20)16-5-4-11-9-22-10-17-11/h9-10,12-14,19H,1-8H2,(H,16,20). The number of ether oxygens (including phenoxy) is 1. The van der Waals surface area contributed by atoms with E-state index < -0.39 is 0 Å². The third kappa shape index (κ3) is 3.59. The van der Waals surface area contributed by atoms with Crippen LogP contribution in [0.25, 0.3) is 0 Å². The van der Waals surface area contributed by atoms with Crippen molar-refractivity contribution < 1.29 is 14.6 Å². The summed E-state index contributed by atoms with van der Waals surface area (Å²) in [4.78, 5) is 18.5. The predicted octanol–water partition coefficient (Wildman–Crippen LogP) is 1.26. The predicted molar refractivity (Wildman–Crippen MR) is 83.9 cm³/mol. The topological polar surface area (TPSA) is 74.7 Å². The first kappa shape index (κ1) is 15.7. The highest BCUT2D eigenvalue weighted by molar-refractivity contribution is 7.07. The molecule has 22 heavy (non-hydrogen) atoms. The number of nitrogens with zero attached hydrogens (tertiary/aromatic N) is 2. The first-order valence-corrected chi connectivity index (χ1v) is 8.87. The van der Waals surface area contributed by atoms with E-state index >= 15 is 0 Å². The molecule has 0 radical (unpaired) electrons. The summed E-state index contributed by atoms with van der Waals surface area (Å²) in [6.45, 7) is 2.27. The monoisotopic (exact) mass is 325 g/mol. The van der Waals surface area contributed by atoms with Crippen molar-refractivity contribution in [2.45, 2.75) is 37.8 Å². The van der Waals surface area contributed by atoms with Gasteiger partial charge in [0.15, 0.2) is 0 Å². The molecule has 1 saturated carbocycles. The maximum Gasteiger partial charge on any atom is 0.317 e. The molecule has 2 N–H and O–H groups in total. The number of aliphatic hydroxyl groups is 1. The Kier molecular flexibility index (Phi) is 5.28. The number of aliphatic hydroxyl groups excluding tert-OH is 1. The number of aromatic nitrogens is 1. The minimum atomic E-state index is -0.308. The number of thiazole rings is 1. The zero-order chi connectivity index (χ0) is 15.4. The Hall–Kier alpha value is -1.18. The van der Waals surface area contributed by atoms with E-state index in [1.165, 1.54) is 0 Å². The smallest absolute Gasteiger partial charge is 0.317 e. The van der Waals surface area contributed by atoms with Gasteiger partial charge in [0.1, 0.15) is 0 Å². The van der Waals surface area contributed by atoms with Crippen LogP contribution in [0.15, 0.2) is 10.9 Å². The average molecular weight is 325 g/mol. The van der Waals surface area contributed by atoms with Gasteiger partial charge in [0, 0.05) is 30.8 Å². The van der Waals surface area contributed by atoms with Crippen molar-refractivity contribution in [2.24, 2.45) is 5.92 Å². The van der Waals surface area contributed by atoms with Gasteiger partial charge in [-0.2, -0.15) is 0 Å². The molecule has 2 aliphatic rings. The third-order valence-corrected chi connectivity index (χ3v) is 5.23. The van der Waals surface area contributed by atoms with Crippen LogP contribution in [-0.2, 0) is 11.2 Å². The number of urea groups is 1. The van der Waals surface area contributed by atoms with Gasteiger partial charge in [-0.15, -0.1) is 11.3 Å². The molecule has 1 saturated heterocycles. The van der Waals surface area contributed by atoms with E-state index in [1.54, 1.807) is 16.8 Å². The Balaban J connectivity index is 1.54. The normalized spacial score (nSPS) is 28.8. The summed E-state index contributed by atoms with van der Waals surface area (Å²) in [6, 6.07) is -0.0619. The summed E-state index contributed by atoms with van der Waals surface area (Å²) >= 11 is 1.57. The fourth-order valence-corrected chi connectivity index (χ4v) is 4.00. The number of hydrogen-bond acceptors (Lipinski definition) is 5. The molecule has 3 unspecified atom stereocenters. The maximum atomic E-state index is 12.5. The average Bonchev–Trinajstić information content (AvgIpc) is 3.19. The number of carbonyl (C=O) groups excluding carboxylic acids is 1. The summed E-state index contributed by atoms with van der Waals surface area (Å²) < 4.78 is 5.55. The van der Waals surface area contributed by atoms with Gasteiger partial charge in [-0.25, -0.2) is 9.78 Å². The van der Waals surface area contributed by atoms with Crippen LogP contribution in [0.2, 0.25) is 0 Å². The molecular weight excluding hydrogens is 302 g/mol. The van der Waals surface area contributed by atoms with E-state index in [1.807, 2.05) is 10.3 Å². The van der Waals surface area contributed by atoms with Gasteiger partial charge in [0.05, 0.1) is 36.6 Å². The highest BCUT2D eigenvalue weighted by atomic mass is 32.1. The fourth-order valence-electron chi connectivity index (χ4n) is 3.41. The minimum Gasteiger partial charge on any atom is -0.393 e. The van der Waals surface area contributed by atoms with Crippen LogP contribution in [0, 0.1) is 5.92 Å². The maximum absolute atomic E-state index is 12.5. The molecule has 3 atom stereocenters. The molecule has 0 aromatic carbocycles. The molecule has 2 fully saturated rings. The lowest BCUT2D eigenvalue weighted by Crippen LogP contribution is -2.56. The quantitative estimate of drug-likeness (QED) is 0.874. The number of rotatable bonds is 4. The Bertz CT molecular complexity index is 482. The van der Waals surface area contributed by atoms with Crippen molar-refractivity contribution in [3.8, 4) is 0 Å². The number of hydrogen-bond donors (Lipinski definition) is 2. The molecule has 1 aromatic rings. The Labute approximate surface area is 134 Å². The zero-order valence-corrected chi connectivity index (χ0v) is 13.4. The molecule has 7 heteroatoms. The SMILES string of the molecule is O=C(NCCc1cscn1)N1CCOCC1C1CCCC1O. The van der Waals surface area contributed by atoms with E-state index in [4.69, 9.17) is 4.74 Å². The van der Waals surface area contributed by atoms with Crippen LogP contribution in [0.5, 0.6) is 0 Å². The summed E-state index contributed by atoms with van der Waals surface area (Å²) in [7, 11) is 0. The first-order valence-electron chi connectivity index (χ1n) is 7.93. The van der Waals surface area contributed by atoms with Gasteiger partial charge in [0.2, 0.25) is 0 Å². The second kappa shape index (κ2) is 7.39. The highest BCUT2D eigenvalue weighted by Crippen LogP contribution is 2.32. The summed E-state index contributed by atoms with van der Waals surface area (Å²) in [5, 5.41) is 15.1. The molecule has 2 heterocycles. The largest absolute Gasteiger partial charge is 0.393 e. The molecular formula is C15H23N3O3S. The van der Waals surface area contributed by atoms with Gasteiger partial charge in [-0.3, -0.25) is 0 Å². The van der Waals surface area contributed by atoms with Crippen LogP contribution in [-0.4, -0.2) is 59.5 Å². The van der Waals surface area contributed by atoms with Crippen molar-refractivity contribution >= 4 is 17.4 Å². The molecule has 0 spiro atoms. The summed E-state index contributed by atoms with van der Waals surface area (Å²) in [6.07, 6.45) is 3.27. The van der Waals surface area contributed by atoms with Crippen LogP contribution in [0.1, 0.15) is 25.0 Å². The van der Waals surface area contributed by atoms with Crippen molar-refractivity contribution in [3.63, 3.8) is 0 Å². The number of carbonyl (C=O) groups is 1. The molecule has 3 rings (SSSR count). The lowest BCUT2D eigenvalue weighted by atomic mass is 9.94. The molecule has 122 valence electrons. The van der Waals surface area contributed by atoms with E-state index in [9.17, 15) is 9.90 Å². The van der Waals surface area contributed by atoms with Gasteiger partial charge in [0.25, 0.3) is 0 Å². The zero-order valence-electron chi connectivity index (χ0n) is 12.6. The molecule has 1 aliphatic carbocycles. The van der Waals surface area contributed by atoms with Crippen LogP contribution in [0.3, 0.4) is 0 Å². The molecule has 1 aliphatic heterocycles. The second-order valence-corrected chi connectivity index (χ2v) is 6.68. The molecule has 0 bridgehead atoms. The lowest BCUT2D eigenvalue weighted by Gasteiger charge is -2.39. The minimum absolute atomic E-state index is 0.00878. The van der Waals surface area contributed by atoms with Crippen LogP contribution < -0.4 is 5.32 Å². The lowest BCUT2D eigenvalue weighted by molar-refractivity contribution is -0.0308. The van der Waals surface area contributed by atoms with E-state index in [0.717, 1.165) is 31.4 Å². The number of amides is 2. The Morgan fingerprint density at radius 2 is 2.45 bits per heavy atom. The Morgan fingerprint density at radius 3 is 3.18 bits per heavy atom. The van der Waals surface area contributed by atoms with Gasteiger partial charge < -0.3 is 20.1 Å². The number of nitrogens with one attached hydrogen (secondary N) is 1. The highest BCUT2D eigenvalue weighted by Gasteiger charge is 2.39. The second-order valence-electron chi connectivity index (χ2n) is 5.96. The van der Waals surface area contributed by atoms with Crippen molar-refractivity contribution in [1.29, 1.82) is 0 Å². The first-order chi connectivity index (χ1) is 10.8. The third-order valence-electron chi connectivity index (χ3n) is 4.59. The molecule has 6 nitrogen and oxygen atoms in total. The van der Waals surface area contributed by atoms with Crippen molar-refractivity contribution in [1.82, 2.24) is 15.2 Å². The van der Waals surface area contributed by atoms with Crippen LogP contribution in [0.4, 0.5) is 4.79 Å². The van der Waals surface area contributed by atoms with E-state index in [2.05, 4.69) is 10.3 Å². The van der Waals surface area contributed by atoms with Gasteiger partial charge in [-0.1, -0.05) is 6.42 Å². The van der Waals surface area contributed by atoms with Gasteiger partial charge in [-0.05, 0) is 12.8 Å². The number of morpholine rings is 1. The summed E-state index contributed by atoms with van der Waals surface area (Å²) in [5.74, 6) is 0.143. The molecule has 1 aromatic heterocycles. The summed E-state index contributed by atoms with van der Waals surface area (Å²) in [5.41, 5.74) is 2.81. The van der Waals surface area contributed by atoms with Crippen molar-refractivity contribution in [2.75, 3.05) is 26.3 Å². The van der Waals surface area contributed by atoms with Crippen LogP contribution >= 0.6 is 11.3 Å². The van der Waals surface area contributed by atoms with Gasteiger partial charge >= 0.3 is 6.03 Å². The van der Waals surface area contributed by atoms with E-state index in [0.29, 0.717) is 26.3 Å².